The summed E-state index contributed by atoms with van der Waals surface area (Å²) in [5.74, 6) is 0. The number of nitrogens with one attached hydrogen (secondary N) is 2. The van der Waals surface area contributed by atoms with E-state index in [2.05, 4.69) is 33.0 Å². The summed E-state index contributed by atoms with van der Waals surface area (Å²) in [5.41, 5.74) is 2.53. The van der Waals surface area contributed by atoms with Crippen LogP contribution in [0.4, 0.5) is 9.93 Å². The van der Waals surface area contributed by atoms with Gasteiger partial charge in [0.2, 0.25) is 5.13 Å². The largest absolute Gasteiger partial charge is 0.331 e. The molecule has 1 aliphatic rings. The number of hydrogen-bond donors (Lipinski definition) is 2. The number of hydrogen-bond acceptors (Lipinski definition) is 4. The standard InChI is InChI=1S/C13H14N4OS/c1-8-16-17-13(19-8)15-12(18)14-11-7-6-9-4-2-3-5-10(9)11/h2-5,11H,6-7H2,1H3,(H2,14,15,17,18)/t11-/m1/s1. The Labute approximate surface area is 115 Å². The van der Waals surface area contributed by atoms with Crippen LogP contribution in [0.1, 0.15) is 28.6 Å². The summed E-state index contributed by atoms with van der Waals surface area (Å²) in [6.07, 6.45) is 1.96. The van der Waals surface area contributed by atoms with Gasteiger partial charge in [-0.25, -0.2) is 4.79 Å². The summed E-state index contributed by atoms with van der Waals surface area (Å²) in [4.78, 5) is 11.9. The van der Waals surface area contributed by atoms with Gasteiger partial charge in [0.05, 0.1) is 6.04 Å². The number of rotatable bonds is 2. The number of carbonyl (C=O) groups is 1. The van der Waals surface area contributed by atoms with Gasteiger partial charge in [-0.2, -0.15) is 0 Å². The molecule has 0 saturated carbocycles. The molecule has 2 N–H and O–H groups in total. The highest BCUT2D eigenvalue weighted by molar-refractivity contribution is 7.15. The lowest BCUT2D eigenvalue weighted by atomic mass is 10.1. The molecular formula is C13H14N4OS. The fourth-order valence-electron chi connectivity index (χ4n) is 2.35. The highest BCUT2D eigenvalue weighted by Gasteiger charge is 2.23. The van der Waals surface area contributed by atoms with Crippen LogP contribution in [0.2, 0.25) is 0 Å². The molecule has 0 fully saturated rings. The van der Waals surface area contributed by atoms with Crippen LogP contribution < -0.4 is 10.6 Å². The SMILES string of the molecule is Cc1nnc(NC(=O)N[C@@H]2CCc3ccccc32)s1. The van der Waals surface area contributed by atoms with E-state index in [1.807, 2.05) is 19.1 Å². The van der Waals surface area contributed by atoms with E-state index in [1.165, 1.54) is 22.5 Å². The normalized spacial score (nSPS) is 17.0. The van der Waals surface area contributed by atoms with E-state index in [1.54, 1.807) is 0 Å². The number of benzene rings is 1. The van der Waals surface area contributed by atoms with Crippen LogP contribution in [0.5, 0.6) is 0 Å². The molecule has 1 aliphatic carbocycles. The van der Waals surface area contributed by atoms with Crippen molar-refractivity contribution in [3.63, 3.8) is 0 Å². The molecule has 19 heavy (non-hydrogen) atoms. The zero-order valence-electron chi connectivity index (χ0n) is 10.5. The maximum absolute atomic E-state index is 11.9. The van der Waals surface area contributed by atoms with Gasteiger partial charge in [-0.3, -0.25) is 5.32 Å². The Kier molecular flexibility index (Phi) is 3.16. The van der Waals surface area contributed by atoms with Gasteiger partial charge in [-0.05, 0) is 30.9 Å². The molecule has 0 radical (unpaired) electrons. The van der Waals surface area contributed by atoms with Crippen LogP contribution in [-0.2, 0) is 6.42 Å². The van der Waals surface area contributed by atoms with Crippen LogP contribution >= 0.6 is 11.3 Å². The van der Waals surface area contributed by atoms with Gasteiger partial charge >= 0.3 is 6.03 Å². The third-order valence-corrected chi connectivity index (χ3v) is 3.94. The Balaban J connectivity index is 1.65. The molecule has 2 aromatic rings. The molecule has 6 heteroatoms. The number of amides is 2. The van der Waals surface area contributed by atoms with E-state index in [0.717, 1.165) is 17.8 Å². The minimum atomic E-state index is -0.224. The fourth-order valence-corrected chi connectivity index (χ4v) is 2.93. The highest BCUT2D eigenvalue weighted by atomic mass is 32.1. The molecule has 0 spiro atoms. The minimum absolute atomic E-state index is 0.0882. The monoisotopic (exact) mass is 274 g/mol. The van der Waals surface area contributed by atoms with Gasteiger partial charge in [0.25, 0.3) is 0 Å². The number of anilines is 1. The molecule has 98 valence electrons. The molecule has 0 saturated heterocycles. The van der Waals surface area contributed by atoms with Crippen molar-refractivity contribution in [2.24, 2.45) is 0 Å². The number of fused-ring (bicyclic) bond motifs is 1. The average molecular weight is 274 g/mol. The smallest absolute Gasteiger partial charge is 0.321 e. The van der Waals surface area contributed by atoms with E-state index in [4.69, 9.17) is 0 Å². The lowest BCUT2D eigenvalue weighted by molar-refractivity contribution is 0.248. The summed E-state index contributed by atoms with van der Waals surface area (Å²) in [6.45, 7) is 1.86. The predicted octanol–water partition coefficient (Wildman–Crippen LogP) is 2.66. The van der Waals surface area contributed by atoms with Crippen LogP contribution in [0, 0.1) is 6.92 Å². The Hall–Kier alpha value is -1.95. The quantitative estimate of drug-likeness (QED) is 0.884. The van der Waals surface area contributed by atoms with Crippen LogP contribution in [0.25, 0.3) is 0 Å². The van der Waals surface area contributed by atoms with Gasteiger partial charge < -0.3 is 5.32 Å². The summed E-state index contributed by atoms with van der Waals surface area (Å²) in [7, 11) is 0. The molecule has 2 amide bonds. The van der Waals surface area contributed by atoms with Crippen molar-refractivity contribution in [1.29, 1.82) is 0 Å². The maximum atomic E-state index is 11.9. The van der Waals surface area contributed by atoms with Gasteiger partial charge in [-0.1, -0.05) is 35.6 Å². The van der Waals surface area contributed by atoms with Gasteiger partial charge in [0.1, 0.15) is 5.01 Å². The maximum Gasteiger partial charge on any atom is 0.321 e. The van der Waals surface area contributed by atoms with E-state index in [9.17, 15) is 4.79 Å². The van der Waals surface area contributed by atoms with Crippen molar-refractivity contribution in [2.75, 3.05) is 5.32 Å². The fraction of sp³-hybridized carbons (Fsp3) is 0.308. The molecule has 3 rings (SSSR count). The van der Waals surface area contributed by atoms with Crippen LogP contribution in [-0.4, -0.2) is 16.2 Å². The molecule has 1 heterocycles. The number of aromatic nitrogens is 2. The molecule has 1 atom stereocenters. The van der Waals surface area contributed by atoms with Gasteiger partial charge in [-0.15, -0.1) is 10.2 Å². The van der Waals surface area contributed by atoms with Crippen LogP contribution in [0.15, 0.2) is 24.3 Å². The number of aryl methyl sites for hydroxylation is 2. The minimum Gasteiger partial charge on any atom is -0.331 e. The molecule has 1 aromatic carbocycles. The van der Waals surface area contributed by atoms with Crippen molar-refractivity contribution < 1.29 is 4.79 Å². The zero-order chi connectivity index (χ0) is 13.2. The second kappa shape index (κ2) is 4.97. The van der Waals surface area contributed by atoms with E-state index < -0.39 is 0 Å². The zero-order valence-corrected chi connectivity index (χ0v) is 11.3. The second-order valence-corrected chi connectivity index (χ2v) is 5.70. The molecule has 5 nitrogen and oxygen atoms in total. The number of urea groups is 1. The molecule has 0 aliphatic heterocycles. The summed E-state index contributed by atoms with van der Waals surface area (Å²) < 4.78 is 0. The Morgan fingerprint density at radius 1 is 1.37 bits per heavy atom. The van der Waals surface area contributed by atoms with Crippen molar-refractivity contribution in [2.45, 2.75) is 25.8 Å². The van der Waals surface area contributed by atoms with Crippen molar-refractivity contribution in [1.82, 2.24) is 15.5 Å². The average Bonchev–Trinajstić information content (AvgIpc) is 2.97. The molecular weight excluding hydrogens is 260 g/mol. The summed E-state index contributed by atoms with van der Waals surface area (Å²) in [6, 6.07) is 8.09. The Morgan fingerprint density at radius 2 is 2.21 bits per heavy atom. The van der Waals surface area contributed by atoms with E-state index in [0.29, 0.717) is 5.13 Å². The first-order chi connectivity index (χ1) is 9.22. The Bertz CT molecular complexity index is 610. The molecule has 0 bridgehead atoms. The lowest BCUT2D eigenvalue weighted by Gasteiger charge is -2.13. The summed E-state index contributed by atoms with van der Waals surface area (Å²) in [5, 5.41) is 14.8. The van der Waals surface area contributed by atoms with Gasteiger partial charge in [0, 0.05) is 0 Å². The van der Waals surface area contributed by atoms with E-state index >= 15 is 0 Å². The Morgan fingerprint density at radius 3 is 3.00 bits per heavy atom. The topological polar surface area (TPSA) is 66.9 Å². The first kappa shape index (κ1) is 12.1. The molecule has 1 aromatic heterocycles. The third-order valence-electron chi connectivity index (χ3n) is 3.18. The summed E-state index contributed by atoms with van der Waals surface area (Å²) >= 11 is 1.37. The lowest BCUT2D eigenvalue weighted by Crippen LogP contribution is -2.31. The van der Waals surface area contributed by atoms with Gasteiger partial charge in [0.15, 0.2) is 0 Å². The molecule has 0 unspecified atom stereocenters. The van der Waals surface area contributed by atoms with Crippen molar-refractivity contribution in [3.05, 3.63) is 40.4 Å². The first-order valence-corrected chi connectivity index (χ1v) is 6.99. The predicted molar refractivity (Wildman–Crippen MR) is 74.3 cm³/mol. The number of carbonyl (C=O) groups excluding carboxylic acids is 1. The van der Waals surface area contributed by atoms with Crippen LogP contribution in [0.3, 0.4) is 0 Å². The first-order valence-electron chi connectivity index (χ1n) is 6.18. The highest BCUT2D eigenvalue weighted by Crippen LogP contribution is 2.30. The number of nitrogens with zero attached hydrogens (tertiary/aromatic N) is 2. The van der Waals surface area contributed by atoms with E-state index in [-0.39, 0.29) is 12.1 Å². The van der Waals surface area contributed by atoms with Crippen molar-refractivity contribution in [3.8, 4) is 0 Å². The third kappa shape index (κ3) is 2.58. The second-order valence-electron chi connectivity index (χ2n) is 4.51. The van der Waals surface area contributed by atoms with Crippen molar-refractivity contribution >= 4 is 22.5 Å².